The number of amidine groups is 1. The van der Waals surface area contributed by atoms with Crippen LogP contribution in [0.1, 0.15) is 11.3 Å². The minimum Gasteiger partial charge on any atom is -0.467 e. The lowest BCUT2D eigenvalue weighted by Crippen LogP contribution is -2.40. The van der Waals surface area contributed by atoms with E-state index in [9.17, 15) is 26.7 Å². The third-order valence-electron chi connectivity index (χ3n) is 3.22. The molecule has 2 aromatic rings. The van der Waals surface area contributed by atoms with Gasteiger partial charge in [0.1, 0.15) is 12.3 Å². The maximum Gasteiger partial charge on any atom is 0.406 e. The second kappa shape index (κ2) is 8.52. The molecule has 0 saturated heterocycles. The molecule has 0 spiro atoms. The van der Waals surface area contributed by atoms with Crippen molar-refractivity contribution in [2.45, 2.75) is 12.7 Å². The first kappa shape index (κ1) is 20.2. The van der Waals surface area contributed by atoms with Crippen molar-refractivity contribution in [1.82, 2.24) is 4.90 Å². The van der Waals surface area contributed by atoms with E-state index < -0.39 is 43.4 Å². The summed E-state index contributed by atoms with van der Waals surface area (Å²) >= 11 is 0. The van der Waals surface area contributed by atoms with Crippen LogP contribution in [0.2, 0.25) is 0 Å². The second-order valence-corrected chi connectivity index (χ2v) is 5.32. The van der Waals surface area contributed by atoms with Gasteiger partial charge in [-0.15, -0.1) is 0 Å². The van der Waals surface area contributed by atoms with Gasteiger partial charge in [0.2, 0.25) is 0 Å². The van der Waals surface area contributed by atoms with Crippen molar-refractivity contribution < 1.29 is 36.0 Å². The fraction of sp³-hybridized carbons (Fsp3) is 0.250. The van der Waals surface area contributed by atoms with Gasteiger partial charge in [0, 0.05) is 5.56 Å². The van der Waals surface area contributed by atoms with Crippen LogP contribution in [0.25, 0.3) is 0 Å². The quantitative estimate of drug-likeness (QED) is 0.341. The molecule has 1 heterocycles. The number of amides is 1. The molecule has 0 atom stereocenters. The average molecular weight is 391 g/mol. The SMILES string of the molecule is N/C(=N/OCC(=O)N(Cc1ccco1)CC(F)(F)F)c1ccc(F)c(F)c1. The van der Waals surface area contributed by atoms with Crippen LogP contribution in [-0.4, -0.2) is 36.0 Å². The Morgan fingerprint density at radius 2 is 1.96 bits per heavy atom. The zero-order valence-corrected chi connectivity index (χ0v) is 13.7. The molecule has 0 bridgehead atoms. The number of furan rings is 1. The Balaban J connectivity index is 2.00. The van der Waals surface area contributed by atoms with Crippen molar-refractivity contribution in [3.8, 4) is 0 Å². The van der Waals surface area contributed by atoms with Crippen LogP contribution in [0.4, 0.5) is 22.0 Å². The minimum atomic E-state index is -4.63. The Bertz CT molecular complexity index is 806. The molecular formula is C16H14F5N3O3. The highest BCUT2D eigenvalue weighted by molar-refractivity contribution is 5.97. The van der Waals surface area contributed by atoms with Gasteiger partial charge in [-0.2, -0.15) is 13.2 Å². The summed E-state index contributed by atoms with van der Waals surface area (Å²) in [6, 6.07) is 5.57. The highest BCUT2D eigenvalue weighted by atomic mass is 19.4. The van der Waals surface area contributed by atoms with Gasteiger partial charge < -0.3 is 19.9 Å². The van der Waals surface area contributed by atoms with E-state index >= 15 is 0 Å². The van der Waals surface area contributed by atoms with Gasteiger partial charge in [-0.25, -0.2) is 8.78 Å². The molecule has 27 heavy (non-hydrogen) atoms. The van der Waals surface area contributed by atoms with Crippen LogP contribution in [0.5, 0.6) is 0 Å². The Kier molecular flexibility index (Phi) is 6.37. The number of nitrogens with two attached hydrogens (primary N) is 1. The Labute approximate surface area is 150 Å². The first-order valence-electron chi connectivity index (χ1n) is 7.43. The molecule has 0 saturated carbocycles. The normalized spacial score (nSPS) is 12.1. The van der Waals surface area contributed by atoms with Crippen LogP contribution in [0, 0.1) is 11.6 Å². The topological polar surface area (TPSA) is 81.1 Å². The Morgan fingerprint density at radius 1 is 1.22 bits per heavy atom. The molecule has 6 nitrogen and oxygen atoms in total. The summed E-state index contributed by atoms with van der Waals surface area (Å²) in [5, 5.41) is 3.33. The summed E-state index contributed by atoms with van der Waals surface area (Å²) in [4.78, 5) is 17.1. The lowest BCUT2D eigenvalue weighted by molar-refractivity contribution is -0.165. The molecule has 0 aliphatic carbocycles. The molecule has 0 aliphatic heterocycles. The fourth-order valence-electron chi connectivity index (χ4n) is 2.00. The van der Waals surface area contributed by atoms with E-state index in [4.69, 9.17) is 10.2 Å². The van der Waals surface area contributed by atoms with Gasteiger partial charge in [-0.1, -0.05) is 5.16 Å². The highest BCUT2D eigenvalue weighted by Gasteiger charge is 2.33. The number of rotatable bonds is 7. The lowest BCUT2D eigenvalue weighted by atomic mass is 10.2. The number of oxime groups is 1. The monoisotopic (exact) mass is 391 g/mol. The number of benzene rings is 1. The van der Waals surface area contributed by atoms with Gasteiger partial charge in [-0.3, -0.25) is 4.79 Å². The van der Waals surface area contributed by atoms with E-state index in [0.29, 0.717) is 4.90 Å². The Morgan fingerprint density at radius 3 is 2.56 bits per heavy atom. The van der Waals surface area contributed by atoms with Crippen LogP contribution >= 0.6 is 0 Å². The van der Waals surface area contributed by atoms with Crippen molar-refractivity contribution in [2.75, 3.05) is 13.2 Å². The van der Waals surface area contributed by atoms with Gasteiger partial charge in [0.25, 0.3) is 5.91 Å². The Hall–Kier alpha value is -3.11. The van der Waals surface area contributed by atoms with Gasteiger partial charge in [0.15, 0.2) is 24.1 Å². The van der Waals surface area contributed by atoms with Crippen molar-refractivity contribution in [2.24, 2.45) is 10.9 Å². The van der Waals surface area contributed by atoms with Gasteiger partial charge in [-0.05, 0) is 30.3 Å². The predicted octanol–water partition coefficient (Wildman–Crippen LogP) is 2.79. The first-order valence-corrected chi connectivity index (χ1v) is 7.43. The van der Waals surface area contributed by atoms with Gasteiger partial charge >= 0.3 is 6.18 Å². The number of alkyl halides is 3. The zero-order valence-electron chi connectivity index (χ0n) is 13.7. The molecule has 0 unspecified atom stereocenters. The summed E-state index contributed by atoms with van der Waals surface area (Å²) in [5.41, 5.74) is 5.48. The van der Waals surface area contributed by atoms with Crippen molar-refractivity contribution in [1.29, 1.82) is 0 Å². The number of nitrogens with zero attached hydrogens (tertiary/aromatic N) is 2. The summed E-state index contributed by atoms with van der Waals surface area (Å²) in [6.07, 6.45) is -3.37. The van der Waals surface area contributed by atoms with Crippen LogP contribution in [0.15, 0.2) is 46.2 Å². The van der Waals surface area contributed by atoms with Crippen molar-refractivity contribution >= 4 is 11.7 Å². The molecule has 1 aromatic carbocycles. The summed E-state index contributed by atoms with van der Waals surface area (Å²) in [6.45, 7) is -2.78. The van der Waals surface area contributed by atoms with Crippen LogP contribution in [-0.2, 0) is 16.2 Å². The van der Waals surface area contributed by atoms with E-state index in [-0.39, 0.29) is 17.2 Å². The third kappa shape index (κ3) is 6.28. The van der Waals surface area contributed by atoms with Crippen LogP contribution in [0.3, 0.4) is 0 Å². The molecule has 0 fully saturated rings. The van der Waals surface area contributed by atoms with E-state index in [1.807, 2.05) is 0 Å². The maximum atomic E-state index is 13.1. The summed E-state index contributed by atoms with van der Waals surface area (Å²) in [7, 11) is 0. The number of carbonyl (C=O) groups excluding carboxylic acids is 1. The van der Waals surface area contributed by atoms with E-state index in [2.05, 4.69) is 9.99 Å². The molecular weight excluding hydrogens is 377 g/mol. The molecule has 0 aliphatic rings. The third-order valence-corrected chi connectivity index (χ3v) is 3.22. The van der Waals surface area contributed by atoms with E-state index in [1.165, 1.54) is 18.4 Å². The molecule has 11 heteroatoms. The number of halogens is 5. The zero-order chi connectivity index (χ0) is 20.0. The lowest BCUT2D eigenvalue weighted by Gasteiger charge is -2.22. The largest absolute Gasteiger partial charge is 0.467 e. The van der Waals surface area contributed by atoms with Crippen LogP contribution < -0.4 is 5.73 Å². The van der Waals surface area contributed by atoms with E-state index in [1.54, 1.807) is 0 Å². The number of hydrogen-bond donors (Lipinski definition) is 1. The molecule has 2 N–H and O–H groups in total. The minimum absolute atomic E-state index is 0.0240. The van der Waals surface area contributed by atoms with Crippen molar-refractivity contribution in [3.63, 3.8) is 0 Å². The molecule has 2 rings (SSSR count). The molecule has 146 valence electrons. The smallest absolute Gasteiger partial charge is 0.406 e. The van der Waals surface area contributed by atoms with E-state index in [0.717, 1.165) is 18.2 Å². The summed E-state index contributed by atoms with van der Waals surface area (Å²) in [5.74, 6) is -3.52. The second-order valence-electron chi connectivity index (χ2n) is 5.32. The standard InChI is InChI=1S/C16H14F5N3O3/c17-12-4-3-10(6-13(12)18)15(22)23-27-8-14(25)24(9-16(19,20)21)7-11-2-1-5-26-11/h1-6H,7-9H2,(H2,22,23). The highest BCUT2D eigenvalue weighted by Crippen LogP contribution is 2.18. The number of hydrogen-bond acceptors (Lipinski definition) is 4. The number of carbonyl (C=O) groups is 1. The van der Waals surface area contributed by atoms with Gasteiger partial charge in [0.05, 0.1) is 12.8 Å². The predicted molar refractivity (Wildman–Crippen MR) is 83.2 cm³/mol. The average Bonchev–Trinajstić information content (AvgIpc) is 3.08. The maximum absolute atomic E-state index is 13.1. The first-order chi connectivity index (χ1) is 12.7. The molecule has 1 aromatic heterocycles. The molecule has 0 radical (unpaired) electrons. The fourth-order valence-corrected chi connectivity index (χ4v) is 2.00. The van der Waals surface area contributed by atoms with Crippen molar-refractivity contribution in [3.05, 3.63) is 59.6 Å². The molecule has 1 amide bonds. The summed E-state index contributed by atoms with van der Waals surface area (Å²) < 4.78 is 68.9.